The molecule has 0 saturated heterocycles. The fraction of sp³-hybridized carbons (Fsp3) is 0.435. The topological polar surface area (TPSA) is 71.1 Å². The van der Waals surface area contributed by atoms with Crippen molar-refractivity contribution in [2.24, 2.45) is 0 Å². The van der Waals surface area contributed by atoms with E-state index in [9.17, 15) is 9.36 Å². The van der Waals surface area contributed by atoms with Crippen LogP contribution in [0, 0.1) is 11.8 Å². The van der Waals surface area contributed by atoms with Crippen LogP contribution in [0.2, 0.25) is 0 Å². The predicted octanol–water partition coefficient (Wildman–Crippen LogP) is 20.2. The van der Waals surface area contributed by atoms with Gasteiger partial charge in [-0.2, -0.15) is 0 Å². The fourth-order valence-electron chi connectivity index (χ4n) is 8.96. The molecule has 7 rings (SSSR count). The highest BCUT2D eigenvalue weighted by atomic mass is 32.1. The largest absolute Gasteiger partial charge is 0.493 e. The number of hydrogen-bond acceptors (Lipinski definition) is 11. The van der Waals surface area contributed by atoms with Gasteiger partial charge in [-0.15, -0.1) is 56.7 Å². The molecular weight excluding hydrogens is 1030 g/mol. The van der Waals surface area contributed by atoms with Crippen LogP contribution in [0.25, 0.3) is 61.3 Å². The number of carbonyl (C=O) groups excluding carboxylic acids is 1. The molecule has 74 heavy (non-hydrogen) atoms. The molecule has 0 atom stereocenters. The average molecular weight is 1110 g/mol. The number of aldehydes is 1. The van der Waals surface area contributed by atoms with Gasteiger partial charge in [0, 0.05) is 63.0 Å². The number of rotatable bonds is 32. The van der Waals surface area contributed by atoms with E-state index in [1.54, 1.807) is 45.3 Å². The summed E-state index contributed by atoms with van der Waals surface area (Å²) in [4.78, 5) is 22.6. The highest BCUT2D eigenvalue weighted by molar-refractivity contribution is 7.69. The SMILES string of the molecule is CCCCCCCCC#Cc1ccc(-c2ccc(-c3cc(CC)c(-c4ccc(-c5ccc(-c6cc(OCCCCCC)c(-c7ccc(P(=O)(OCC)OCC)s7)cc6OCCCCCC)s5)s4)cc3CC=O)s2)s1. The second-order valence-corrected chi connectivity index (χ2v) is 26.2. The molecule has 0 amide bonds. The van der Waals surface area contributed by atoms with E-state index in [-0.39, 0.29) is 13.2 Å². The molecule has 0 bridgehead atoms. The normalized spacial score (nSPS) is 11.5. The van der Waals surface area contributed by atoms with Crippen molar-refractivity contribution in [2.75, 3.05) is 26.4 Å². The first-order chi connectivity index (χ1) is 36.3. The molecule has 0 aliphatic heterocycles. The summed E-state index contributed by atoms with van der Waals surface area (Å²) in [7, 11) is -3.47. The zero-order valence-electron chi connectivity index (χ0n) is 44.4. The molecule has 12 heteroatoms. The Hall–Kier alpha value is -4.08. The lowest BCUT2D eigenvalue weighted by molar-refractivity contribution is -0.107. The van der Waals surface area contributed by atoms with Crippen molar-refractivity contribution < 1.29 is 27.9 Å². The fourth-order valence-corrected chi connectivity index (χ4v) is 16.3. The predicted molar refractivity (Wildman–Crippen MR) is 322 cm³/mol. The van der Waals surface area contributed by atoms with Crippen LogP contribution >= 0.6 is 64.3 Å². The summed E-state index contributed by atoms with van der Waals surface area (Å²) in [5.41, 5.74) is 6.54. The van der Waals surface area contributed by atoms with Crippen molar-refractivity contribution in [3.8, 4) is 84.6 Å². The van der Waals surface area contributed by atoms with Crippen molar-refractivity contribution >= 4 is 75.2 Å². The zero-order valence-corrected chi connectivity index (χ0v) is 49.4. The summed E-state index contributed by atoms with van der Waals surface area (Å²) in [6.45, 7) is 14.4. The third-order valence-corrected chi connectivity index (χ3v) is 21.4. The number of benzene rings is 2. The van der Waals surface area contributed by atoms with E-state index >= 15 is 0 Å². The Morgan fingerprint density at radius 1 is 0.473 bits per heavy atom. The molecule has 0 radical (unpaired) electrons. The van der Waals surface area contributed by atoms with Crippen LogP contribution in [0.4, 0.5) is 0 Å². The molecule has 7 aromatic rings. The zero-order chi connectivity index (χ0) is 52.1. The van der Waals surface area contributed by atoms with Crippen LogP contribution in [-0.2, 0) is 31.2 Å². The quantitative estimate of drug-likeness (QED) is 0.0181. The number of unbranched alkanes of at least 4 members (excludes halogenated alkanes) is 12. The van der Waals surface area contributed by atoms with Crippen LogP contribution in [-0.4, -0.2) is 32.7 Å². The monoisotopic (exact) mass is 1110 g/mol. The molecule has 0 unspecified atom stereocenters. The summed E-state index contributed by atoms with van der Waals surface area (Å²) in [6.07, 6.45) is 19.7. The lowest BCUT2D eigenvalue weighted by Gasteiger charge is -2.17. The number of carbonyl (C=O) groups is 1. The van der Waals surface area contributed by atoms with Crippen molar-refractivity contribution in [2.45, 2.75) is 151 Å². The highest BCUT2D eigenvalue weighted by Gasteiger charge is 2.30. The van der Waals surface area contributed by atoms with Crippen LogP contribution in [0.5, 0.6) is 11.5 Å². The second-order valence-electron chi connectivity index (χ2n) is 18.5. The van der Waals surface area contributed by atoms with Gasteiger partial charge in [0.2, 0.25) is 0 Å². The average Bonchev–Trinajstić information content (AvgIpc) is 4.28. The van der Waals surface area contributed by atoms with Gasteiger partial charge in [-0.25, -0.2) is 0 Å². The van der Waals surface area contributed by atoms with Gasteiger partial charge in [0.1, 0.15) is 22.4 Å². The maximum Gasteiger partial charge on any atom is 0.371 e. The van der Waals surface area contributed by atoms with E-state index in [0.717, 1.165) is 106 Å². The van der Waals surface area contributed by atoms with Crippen molar-refractivity contribution in [1.82, 2.24) is 0 Å². The number of aryl methyl sites for hydroxylation is 1. The van der Waals surface area contributed by atoms with E-state index in [1.165, 1.54) is 103 Å². The first kappa shape index (κ1) is 57.6. The first-order valence-corrected chi connectivity index (χ1v) is 32.8. The third kappa shape index (κ3) is 15.5. The Balaban J connectivity index is 1.16. The Bertz CT molecular complexity index is 2950. The van der Waals surface area contributed by atoms with Gasteiger partial charge in [-0.3, -0.25) is 4.57 Å². The molecule has 0 aliphatic carbocycles. The third-order valence-electron chi connectivity index (χ3n) is 12.9. The van der Waals surface area contributed by atoms with Gasteiger partial charge in [0.05, 0.1) is 31.3 Å². The number of thiophene rings is 5. The van der Waals surface area contributed by atoms with E-state index in [4.69, 9.17) is 18.5 Å². The van der Waals surface area contributed by atoms with Crippen LogP contribution < -0.4 is 14.1 Å². The lowest BCUT2D eigenvalue weighted by Crippen LogP contribution is -2.06. The Morgan fingerprint density at radius 3 is 1.46 bits per heavy atom. The summed E-state index contributed by atoms with van der Waals surface area (Å²) in [6, 6.07) is 30.4. The molecule has 2 aromatic carbocycles. The number of hydrogen-bond donors (Lipinski definition) is 0. The van der Waals surface area contributed by atoms with E-state index in [0.29, 0.717) is 24.3 Å². The maximum atomic E-state index is 13.9. The molecule has 0 fully saturated rings. The van der Waals surface area contributed by atoms with E-state index in [1.807, 2.05) is 26.0 Å². The molecule has 5 heterocycles. The van der Waals surface area contributed by atoms with Gasteiger partial charge < -0.3 is 23.3 Å². The Morgan fingerprint density at radius 2 is 0.919 bits per heavy atom. The molecular formula is C62H75O6PS5. The van der Waals surface area contributed by atoms with E-state index in [2.05, 4.69) is 112 Å². The van der Waals surface area contributed by atoms with Crippen molar-refractivity contribution in [3.63, 3.8) is 0 Å². The summed E-state index contributed by atoms with van der Waals surface area (Å²) in [5.74, 6) is 8.41. The van der Waals surface area contributed by atoms with Gasteiger partial charge in [-0.1, -0.05) is 110 Å². The second kappa shape index (κ2) is 30.0. The van der Waals surface area contributed by atoms with Crippen molar-refractivity contribution in [3.05, 3.63) is 101 Å². The minimum Gasteiger partial charge on any atom is -0.493 e. The van der Waals surface area contributed by atoms with Gasteiger partial charge in [-0.05, 0) is 147 Å². The maximum absolute atomic E-state index is 13.9. The molecule has 0 N–H and O–H groups in total. The summed E-state index contributed by atoms with van der Waals surface area (Å²) < 4.78 is 39.4. The van der Waals surface area contributed by atoms with E-state index < -0.39 is 7.60 Å². The Labute approximate surface area is 462 Å². The summed E-state index contributed by atoms with van der Waals surface area (Å²) >= 11 is 8.54. The molecule has 5 aromatic heterocycles. The van der Waals surface area contributed by atoms with Crippen LogP contribution in [0.15, 0.2) is 84.9 Å². The standard InChI is InChI=1S/C62H75O6PS5/c1-7-13-16-19-20-21-22-23-26-47-27-28-58(70-47)59-32-30-55(72-59)49-41-45(10-4)48(42-46(49)37-38-63)54-29-33-60(71-54)61-34-31-56(73-61)50-43-53(66-40-25-18-15-9-3)51(44-52(50)65-39-24-17-14-8-2)57-35-36-62(74-57)69(64,67-11-5)68-12-6/h27-36,38,41-44H,7-22,24-25,37,39-40H2,1-6H3. The molecule has 6 nitrogen and oxygen atoms in total. The first-order valence-electron chi connectivity index (χ1n) is 27.2. The van der Waals surface area contributed by atoms with Gasteiger partial charge in [0.25, 0.3) is 0 Å². The molecule has 0 saturated carbocycles. The van der Waals surface area contributed by atoms with Crippen molar-refractivity contribution in [1.29, 1.82) is 0 Å². The minimum atomic E-state index is -3.47. The van der Waals surface area contributed by atoms with Gasteiger partial charge in [0.15, 0.2) is 0 Å². The number of ether oxygens (including phenoxy) is 2. The van der Waals surface area contributed by atoms with Crippen LogP contribution in [0.3, 0.4) is 0 Å². The molecule has 0 aliphatic rings. The smallest absolute Gasteiger partial charge is 0.371 e. The summed E-state index contributed by atoms with van der Waals surface area (Å²) in [5, 5.41) is 0. The lowest BCUT2D eigenvalue weighted by atomic mass is 9.94. The van der Waals surface area contributed by atoms with Crippen LogP contribution in [0.1, 0.15) is 154 Å². The minimum absolute atomic E-state index is 0.289. The highest BCUT2D eigenvalue weighted by Crippen LogP contribution is 2.52. The molecule has 0 spiro atoms. The Kier molecular flexibility index (Phi) is 23.4. The molecule has 394 valence electrons. The van der Waals surface area contributed by atoms with Gasteiger partial charge >= 0.3 is 7.60 Å².